The first-order valence-electron chi connectivity index (χ1n) is 5.06. The number of fused-ring (bicyclic) bond motifs is 1. The van der Waals surface area contributed by atoms with E-state index in [-0.39, 0.29) is 0 Å². The normalized spacial score (nSPS) is 37.1. The van der Waals surface area contributed by atoms with Crippen LogP contribution in [0.15, 0.2) is 10.6 Å². The minimum absolute atomic E-state index is 0.526. The summed E-state index contributed by atoms with van der Waals surface area (Å²) in [6.07, 6.45) is 5.41. The van der Waals surface area contributed by atoms with Gasteiger partial charge in [-0.05, 0) is 24.7 Å². The molecule has 2 N–H and O–H groups in total. The molecule has 0 aliphatic heterocycles. The van der Waals surface area contributed by atoms with E-state index in [0.717, 1.165) is 17.6 Å². The molecule has 2 aliphatic rings. The number of aromatic nitrogens is 1. The highest BCUT2D eigenvalue weighted by molar-refractivity contribution is 5.29. The van der Waals surface area contributed by atoms with Gasteiger partial charge in [-0.2, -0.15) is 0 Å². The molecule has 1 aromatic heterocycles. The maximum atomic E-state index is 5.54. The van der Waals surface area contributed by atoms with E-state index in [1.165, 1.54) is 25.7 Å². The molecule has 0 bridgehead atoms. The van der Waals surface area contributed by atoms with Crippen LogP contribution in [0.3, 0.4) is 0 Å². The van der Waals surface area contributed by atoms with Gasteiger partial charge in [0.25, 0.3) is 0 Å². The Balaban J connectivity index is 1.84. The number of hydrogen-bond donors (Lipinski definition) is 1. The lowest BCUT2D eigenvalue weighted by molar-refractivity contribution is 0.312. The van der Waals surface area contributed by atoms with Crippen LogP contribution in [0.2, 0.25) is 0 Å². The fourth-order valence-corrected chi connectivity index (χ4v) is 2.74. The lowest BCUT2D eigenvalue weighted by Crippen LogP contribution is -2.07. The van der Waals surface area contributed by atoms with E-state index in [1.807, 2.05) is 6.07 Å². The zero-order valence-electron chi connectivity index (χ0n) is 7.57. The average Bonchev–Trinajstić information content (AvgIpc) is 2.81. The Bertz CT molecular complexity index is 320. The summed E-state index contributed by atoms with van der Waals surface area (Å²) in [5, 5.41) is 3.75. The monoisotopic (exact) mass is 178 g/mol. The number of nitrogen functional groups attached to an aromatic ring is 1. The highest BCUT2D eigenvalue weighted by Crippen LogP contribution is 2.56. The molecule has 0 spiro atoms. The molecule has 3 atom stereocenters. The van der Waals surface area contributed by atoms with Crippen molar-refractivity contribution in [3.8, 4) is 0 Å². The fourth-order valence-electron chi connectivity index (χ4n) is 2.74. The van der Waals surface area contributed by atoms with Gasteiger partial charge in [0, 0.05) is 12.0 Å². The predicted octanol–water partition coefficient (Wildman–Crippen LogP) is 2.16. The summed E-state index contributed by atoms with van der Waals surface area (Å²) in [6.45, 7) is 0. The van der Waals surface area contributed by atoms with Crippen molar-refractivity contribution in [1.29, 1.82) is 0 Å². The molecule has 3 rings (SSSR count). The number of nitrogens with two attached hydrogens (primary N) is 1. The molecule has 13 heavy (non-hydrogen) atoms. The summed E-state index contributed by atoms with van der Waals surface area (Å²) in [5.74, 6) is 4.01. The quantitative estimate of drug-likeness (QED) is 0.717. The molecule has 0 aromatic carbocycles. The summed E-state index contributed by atoms with van der Waals surface area (Å²) in [5.41, 5.74) is 5.54. The second-order valence-electron chi connectivity index (χ2n) is 4.35. The van der Waals surface area contributed by atoms with Crippen LogP contribution in [-0.4, -0.2) is 5.16 Å². The molecule has 2 fully saturated rings. The van der Waals surface area contributed by atoms with Gasteiger partial charge >= 0.3 is 0 Å². The summed E-state index contributed by atoms with van der Waals surface area (Å²) in [7, 11) is 0. The van der Waals surface area contributed by atoms with Crippen LogP contribution < -0.4 is 5.73 Å². The van der Waals surface area contributed by atoms with E-state index in [9.17, 15) is 0 Å². The number of hydrogen-bond acceptors (Lipinski definition) is 3. The zero-order valence-corrected chi connectivity index (χ0v) is 7.57. The highest BCUT2D eigenvalue weighted by atomic mass is 16.5. The predicted molar refractivity (Wildman–Crippen MR) is 49.1 cm³/mol. The summed E-state index contributed by atoms with van der Waals surface area (Å²) < 4.78 is 5.23. The van der Waals surface area contributed by atoms with Gasteiger partial charge in [-0.3, -0.25) is 0 Å². The third-order valence-corrected chi connectivity index (χ3v) is 3.50. The summed E-state index contributed by atoms with van der Waals surface area (Å²) in [4.78, 5) is 0. The van der Waals surface area contributed by atoms with Crippen molar-refractivity contribution in [2.45, 2.75) is 31.6 Å². The van der Waals surface area contributed by atoms with Crippen LogP contribution in [-0.2, 0) is 0 Å². The summed E-state index contributed by atoms with van der Waals surface area (Å²) in [6, 6.07) is 1.89. The van der Waals surface area contributed by atoms with Crippen molar-refractivity contribution in [3.63, 3.8) is 0 Å². The van der Waals surface area contributed by atoms with Gasteiger partial charge in [-0.25, -0.2) is 0 Å². The summed E-state index contributed by atoms with van der Waals surface area (Å²) >= 11 is 0. The third kappa shape index (κ3) is 1.14. The Kier molecular flexibility index (Phi) is 1.43. The van der Waals surface area contributed by atoms with Crippen molar-refractivity contribution in [1.82, 2.24) is 5.16 Å². The minimum Gasteiger partial charge on any atom is -0.381 e. The van der Waals surface area contributed by atoms with Crippen molar-refractivity contribution < 1.29 is 4.52 Å². The largest absolute Gasteiger partial charge is 0.381 e. The molecule has 3 heteroatoms. The molecule has 3 nitrogen and oxygen atoms in total. The minimum atomic E-state index is 0.526. The van der Waals surface area contributed by atoms with Gasteiger partial charge in [-0.1, -0.05) is 18.0 Å². The van der Waals surface area contributed by atoms with E-state index in [2.05, 4.69) is 5.16 Å². The van der Waals surface area contributed by atoms with Gasteiger partial charge in [-0.15, -0.1) is 0 Å². The third-order valence-electron chi connectivity index (χ3n) is 3.50. The second kappa shape index (κ2) is 2.50. The van der Waals surface area contributed by atoms with E-state index in [0.29, 0.717) is 11.7 Å². The molecule has 2 saturated carbocycles. The van der Waals surface area contributed by atoms with E-state index >= 15 is 0 Å². The maximum Gasteiger partial charge on any atom is 0.167 e. The molecule has 1 heterocycles. The molecule has 3 unspecified atom stereocenters. The Morgan fingerprint density at radius 3 is 3.15 bits per heavy atom. The fraction of sp³-hybridized carbons (Fsp3) is 0.700. The van der Waals surface area contributed by atoms with Gasteiger partial charge in [0.2, 0.25) is 0 Å². The molecule has 0 amide bonds. The Morgan fingerprint density at radius 1 is 1.46 bits per heavy atom. The van der Waals surface area contributed by atoms with E-state index in [4.69, 9.17) is 10.3 Å². The smallest absolute Gasteiger partial charge is 0.167 e. The Hall–Kier alpha value is -0.990. The van der Waals surface area contributed by atoms with E-state index in [1.54, 1.807) is 0 Å². The maximum absolute atomic E-state index is 5.54. The lowest BCUT2D eigenvalue weighted by Gasteiger charge is -2.17. The molecular weight excluding hydrogens is 164 g/mol. The van der Waals surface area contributed by atoms with Crippen molar-refractivity contribution >= 4 is 5.82 Å². The van der Waals surface area contributed by atoms with Crippen LogP contribution >= 0.6 is 0 Å². The van der Waals surface area contributed by atoms with Crippen molar-refractivity contribution in [3.05, 3.63) is 11.8 Å². The average molecular weight is 178 g/mol. The SMILES string of the molecule is Nc1cc(C2CCCC3CC32)on1. The topological polar surface area (TPSA) is 52.0 Å². The lowest BCUT2D eigenvalue weighted by atomic mass is 9.87. The second-order valence-corrected chi connectivity index (χ2v) is 4.35. The van der Waals surface area contributed by atoms with Crippen LogP contribution in [0, 0.1) is 11.8 Å². The number of rotatable bonds is 1. The molecule has 2 aliphatic carbocycles. The van der Waals surface area contributed by atoms with Gasteiger partial charge in [0.15, 0.2) is 5.82 Å². The van der Waals surface area contributed by atoms with Crippen molar-refractivity contribution in [2.24, 2.45) is 11.8 Å². The van der Waals surface area contributed by atoms with Gasteiger partial charge < -0.3 is 10.3 Å². The molecule has 0 saturated heterocycles. The zero-order chi connectivity index (χ0) is 8.84. The first-order chi connectivity index (χ1) is 6.34. The van der Waals surface area contributed by atoms with Gasteiger partial charge in [0.1, 0.15) is 5.76 Å². The van der Waals surface area contributed by atoms with Crippen molar-refractivity contribution in [2.75, 3.05) is 5.73 Å². The number of nitrogens with zero attached hydrogens (tertiary/aromatic N) is 1. The molecule has 0 radical (unpaired) electrons. The molecule has 70 valence electrons. The molecular formula is C10H14N2O. The van der Waals surface area contributed by atoms with Crippen LogP contribution in [0.5, 0.6) is 0 Å². The van der Waals surface area contributed by atoms with Crippen LogP contribution in [0.1, 0.15) is 37.4 Å². The highest BCUT2D eigenvalue weighted by Gasteiger charge is 2.46. The Labute approximate surface area is 77.3 Å². The van der Waals surface area contributed by atoms with Gasteiger partial charge in [0.05, 0.1) is 0 Å². The first-order valence-corrected chi connectivity index (χ1v) is 5.06. The van der Waals surface area contributed by atoms with Crippen LogP contribution in [0.4, 0.5) is 5.82 Å². The van der Waals surface area contributed by atoms with E-state index < -0.39 is 0 Å². The molecule has 1 aromatic rings. The Morgan fingerprint density at radius 2 is 2.38 bits per heavy atom. The standard InChI is InChI=1S/C10H14N2O/c11-10-5-9(13-12-10)7-3-1-2-6-4-8(6)7/h5-8H,1-4H2,(H2,11,12). The van der Waals surface area contributed by atoms with Crippen LogP contribution in [0.25, 0.3) is 0 Å². The number of anilines is 1. The first kappa shape index (κ1) is 7.42.